The second kappa shape index (κ2) is 8.81. The van der Waals surface area contributed by atoms with Gasteiger partial charge in [-0.25, -0.2) is 0 Å². The van der Waals surface area contributed by atoms with Crippen LogP contribution in [-0.4, -0.2) is 13.2 Å². The second-order valence-electron chi connectivity index (χ2n) is 4.88. The van der Waals surface area contributed by atoms with Crippen molar-refractivity contribution in [2.75, 3.05) is 13.2 Å². The number of hydrogen-bond acceptors (Lipinski definition) is 3. The maximum Gasteiger partial charge on any atom is 0.162 e. The lowest BCUT2D eigenvalue weighted by atomic mass is 10.2. The maximum atomic E-state index is 5.94. The van der Waals surface area contributed by atoms with E-state index in [-0.39, 0.29) is 0 Å². The molecule has 0 atom stereocenters. The monoisotopic (exact) mass is 363 g/mol. The Bertz CT molecular complexity index is 587. The highest BCUT2D eigenvalue weighted by molar-refractivity contribution is 9.10. The molecule has 0 spiro atoms. The third-order valence-corrected chi connectivity index (χ3v) is 3.95. The molecule has 2 aromatic rings. The Kier molecular flexibility index (Phi) is 6.74. The minimum Gasteiger partial charge on any atom is -0.490 e. The average molecular weight is 364 g/mol. The standard InChI is InChI=1S/C18H22BrNO2/c1-3-20-12-15-10-17(21-4-2)18(11-16(15)19)22-13-14-8-6-5-7-9-14/h5-11,20H,3-4,12-13H2,1-2H3. The summed E-state index contributed by atoms with van der Waals surface area (Å²) in [6, 6.07) is 14.2. The molecule has 0 amide bonds. The Morgan fingerprint density at radius 3 is 2.41 bits per heavy atom. The van der Waals surface area contributed by atoms with Gasteiger partial charge in [0.2, 0.25) is 0 Å². The van der Waals surface area contributed by atoms with Crippen molar-refractivity contribution in [3.05, 3.63) is 58.1 Å². The van der Waals surface area contributed by atoms with Crippen molar-refractivity contribution >= 4 is 15.9 Å². The van der Waals surface area contributed by atoms with Gasteiger partial charge in [0, 0.05) is 11.0 Å². The number of hydrogen-bond donors (Lipinski definition) is 1. The van der Waals surface area contributed by atoms with Gasteiger partial charge in [-0.2, -0.15) is 0 Å². The number of benzene rings is 2. The fraction of sp³-hybridized carbons (Fsp3) is 0.333. The Hall–Kier alpha value is -1.52. The van der Waals surface area contributed by atoms with Crippen molar-refractivity contribution in [1.82, 2.24) is 5.32 Å². The lowest BCUT2D eigenvalue weighted by Gasteiger charge is -2.15. The van der Waals surface area contributed by atoms with E-state index in [1.54, 1.807) is 0 Å². The van der Waals surface area contributed by atoms with Crippen LogP contribution in [0.3, 0.4) is 0 Å². The van der Waals surface area contributed by atoms with Crippen molar-refractivity contribution < 1.29 is 9.47 Å². The van der Waals surface area contributed by atoms with Crippen molar-refractivity contribution in [3.63, 3.8) is 0 Å². The second-order valence-corrected chi connectivity index (χ2v) is 5.73. The summed E-state index contributed by atoms with van der Waals surface area (Å²) in [6.45, 7) is 6.95. The summed E-state index contributed by atoms with van der Waals surface area (Å²) < 4.78 is 12.7. The lowest BCUT2D eigenvalue weighted by molar-refractivity contribution is 0.269. The zero-order valence-electron chi connectivity index (χ0n) is 13.1. The van der Waals surface area contributed by atoms with Gasteiger partial charge in [-0.3, -0.25) is 0 Å². The highest BCUT2D eigenvalue weighted by atomic mass is 79.9. The van der Waals surface area contributed by atoms with Crippen molar-refractivity contribution in [1.29, 1.82) is 0 Å². The third kappa shape index (κ3) is 4.75. The van der Waals surface area contributed by atoms with Gasteiger partial charge in [-0.15, -0.1) is 0 Å². The first-order valence-corrected chi connectivity index (χ1v) is 8.36. The van der Waals surface area contributed by atoms with E-state index < -0.39 is 0 Å². The molecule has 4 heteroatoms. The molecule has 0 saturated heterocycles. The van der Waals surface area contributed by atoms with Gasteiger partial charge in [0.1, 0.15) is 6.61 Å². The predicted molar refractivity (Wildman–Crippen MR) is 93.5 cm³/mol. The van der Waals surface area contributed by atoms with E-state index in [0.717, 1.165) is 40.2 Å². The van der Waals surface area contributed by atoms with Crippen LogP contribution < -0.4 is 14.8 Å². The molecule has 0 fully saturated rings. The molecule has 0 radical (unpaired) electrons. The fourth-order valence-electron chi connectivity index (χ4n) is 2.09. The Labute approximate surface area is 140 Å². The van der Waals surface area contributed by atoms with Crippen molar-refractivity contribution in [2.24, 2.45) is 0 Å². The summed E-state index contributed by atoms with van der Waals surface area (Å²) in [7, 11) is 0. The quantitative estimate of drug-likeness (QED) is 0.746. The molecule has 2 rings (SSSR count). The Balaban J connectivity index is 2.16. The molecule has 0 aromatic heterocycles. The predicted octanol–water partition coefficient (Wildman–Crippen LogP) is 4.54. The van der Waals surface area contributed by atoms with Crippen LogP contribution in [0, 0.1) is 0 Å². The van der Waals surface area contributed by atoms with E-state index in [4.69, 9.17) is 9.47 Å². The van der Waals surface area contributed by atoms with E-state index in [1.807, 2.05) is 37.3 Å². The summed E-state index contributed by atoms with van der Waals surface area (Å²) in [5.41, 5.74) is 2.30. The molecule has 0 unspecified atom stereocenters. The lowest BCUT2D eigenvalue weighted by Crippen LogP contribution is -2.12. The molecule has 0 bridgehead atoms. The van der Waals surface area contributed by atoms with Gasteiger partial charge in [-0.1, -0.05) is 53.2 Å². The number of ether oxygens (including phenoxy) is 2. The summed E-state index contributed by atoms with van der Waals surface area (Å²) >= 11 is 3.61. The first kappa shape index (κ1) is 16.8. The molecule has 0 aliphatic carbocycles. The number of rotatable bonds is 8. The molecule has 0 saturated carbocycles. The van der Waals surface area contributed by atoms with E-state index >= 15 is 0 Å². The molecule has 118 valence electrons. The summed E-state index contributed by atoms with van der Waals surface area (Å²) in [4.78, 5) is 0. The van der Waals surface area contributed by atoms with E-state index in [9.17, 15) is 0 Å². The zero-order chi connectivity index (χ0) is 15.8. The van der Waals surface area contributed by atoms with Gasteiger partial charge in [0.15, 0.2) is 11.5 Å². The fourth-order valence-corrected chi connectivity index (χ4v) is 2.55. The van der Waals surface area contributed by atoms with E-state index in [1.165, 1.54) is 0 Å². The van der Waals surface area contributed by atoms with Gasteiger partial charge in [0.05, 0.1) is 6.61 Å². The highest BCUT2D eigenvalue weighted by Gasteiger charge is 2.11. The van der Waals surface area contributed by atoms with Gasteiger partial charge < -0.3 is 14.8 Å². The molecule has 0 aliphatic heterocycles. The minimum atomic E-state index is 0.528. The molecule has 0 heterocycles. The SMILES string of the molecule is CCNCc1cc(OCC)c(OCc2ccccc2)cc1Br. The summed E-state index contributed by atoms with van der Waals surface area (Å²) in [5.74, 6) is 1.55. The molecule has 1 N–H and O–H groups in total. The molecule has 22 heavy (non-hydrogen) atoms. The Morgan fingerprint density at radius 2 is 1.73 bits per heavy atom. The first-order valence-electron chi connectivity index (χ1n) is 7.57. The number of halogens is 1. The average Bonchev–Trinajstić information content (AvgIpc) is 2.54. The summed E-state index contributed by atoms with van der Waals surface area (Å²) in [6.07, 6.45) is 0. The van der Waals surface area contributed by atoms with Gasteiger partial charge >= 0.3 is 0 Å². The van der Waals surface area contributed by atoms with Crippen LogP contribution >= 0.6 is 15.9 Å². The minimum absolute atomic E-state index is 0.528. The molecule has 2 aromatic carbocycles. The highest BCUT2D eigenvalue weighted by Crippen LogP contribution is 2.34. The third-order valence-electron chi connectivity index (χ3n) is 3.22. The zero-order valence-corrected chi connectivity index (χ0v) is 14.7. The van der Waals surface area contributed by atoms with Crippen LogP contribution in [0.25, 0.3) is 0 Å². The molecular formula is C18H22BrNO2. The van der Waals surface area contributed by atoms with Crippen LogP contribution in [0.1, 0.15) is 25.0 Å². The molecule has 0 aliphatic rings. The van der Waals surface area contributed by atoms with Crippen LogP contribution in [0.4, 0.5) is 0 Å². The van der Waals surface area contributed by atoms with Crippen LogP contribution in [0.2, 0.25) is 0 Å². The van der Waals surface area contributed by atoms with Crippen molar-refractivity contribution in [3.8, 4) is 11.5 Å². The Morgan fingerprint density at radius 1 is 1.00 bits per heavy atom. The van der Waals surface area contributed by atoms with Crippen LogP contribution in [0.15, 0.2) is 46.9 Å². The van der Waals surface area contributed by atoms with Gasteiger partial charge in [0.25, 0.3) is 0 Å². The van der Waals surface area contributed by atoms with Crippen LogP contribution in [-0.2, 0) is 13.2 Å². The summed E-state index contributed by atoms with van der Waals surface area (Å²) in [5, 5.41) is 3.33. The van der Waals surface area contributed by atoms with E-state index in [0.29, 0.717) is 13.2 Å². The smallest absolute Gasteiger partial charge is 0.162 e. The largest absolute Gasteiger partial charge is 0.490 e. The number of nitrogens with one attached hydrogen (secondary N) is 1. The normalized spacial score (nSPS) is 10.5. The van der Waals surface area contributed by atoms with Gasteiger partial charge in [-0.05, 0) is 36.7 Å². The molecular weight excluding hydrogens is 342 g/mol. The maximum absolute atomic E-state index is 5.94. The topological polar surface area (TPSA) is 30.5 Å². The van der Waals surface area contributed by atoms with Crippen molar-refractivity contribution in [2.45, 2.75) is 27.0 Å². The van der Waals surface area contributed by atoms with Crippen LogP contribution in [0.5, 0.6) is 11.5 Å². The molecule has 3 nitrogen and oxygen atoms in total. The first-order chi connectivity index (χ1) is 10.7. The van der Waals surface area contributed by atoms with E-state index in [2.05, 4.69) is 40.3 Å².